The second-order valence-corrected chi connectivity index (χ2v) is 6.37. The predicted octanol–water partition coefficient (Wildman–Crippen LogP) is 2.89. The Morgan fingerprint density at radius 2 is 1.82 bits per heavy atom. The highest BCUT2D eigenvalue weighted by molar-refractivity contribution is 6.06. The van der Waals surface area contributed by atoms with Crippen molar-refractivity contribution in [3.05, 3.63) is 60.2 Å². The molecule has 1 heterocycles. The van der Waals surface area contributed by atoms with E-state index < -0.39 is 0 Å². The molecule has 0 saturated carbocycles. The lowest BCUT2D eigenvalue weighted by Gasteiger charge is -2.23. The summed E-state index contributed by atoms with van der Waals surface area (Å²) in [4.78, 5) is 26.5. The SMILES string of the molecule is CCN(C(=O)c1ccc(NC(=O)NC[C@@H]2COCCO2)cc1)c1ccccc1. The number of rotatable bonds is 6. The van der Waals surface area contributed by atoms with Crippen molar-refractivity contribution in [3.8, 4) is 0 Å². The monoisotopic (exact) mass is 383 g/mol. The van der Waals surface area contributed by atoms with Crippen LogP contribution in [-0.2, 0) is 9.47 Å². The number of ether oxygens (including phenoxy) is 2. The fraction of sp³-hybridized carbons (Fsp3) is 0.333. The highest BCUT2D eigenvalue weighted by atomic mass is 16.6. The second-order valence-electron chi connectivity index (χ2n) is 6.37. The number of amides is 3. The number of para-hydroxylation sites is 1. The summed E-state index contributed by atoms with van der Waals surface area (Å²) in [6, 6.07) is 16.1. The van der Waals surface area contributed by atoms with Gasteiger partial charge in [-0.25, -0.2) is 4.79 Å². The van der Waals surface area contributed by atoms with E-state index in [9.17, 15) is 9.59 Å². The van der Waals surface area contributed by atoms with Gasteiger partial charge in [0.15, 0.2) is 0 Å². The largest absolute Gasteiger partial charge is 0.376 e. The fourth-order valence-electron chi connectivity index (χ4n) is 2.94. The number of carbonyl (C=O) groups is 2. The summed E-state index contributed by atoms with van der Waals surface area (Å²) >= 11 is 0. The second kappa shape index (κ2) is 9.87. The van der Waals surface area contributed by atoms with Crippen molar-refractivity contribution < 1.29 is 19.1 Å². The zero-order chi connectivity index (χ0) is 19.8. The number of nitrogens with zero attached hydrogens (tertiary/aromatic N) is 1. The number of nitrogens with one attached hydrogen (secondary N) is 2. The summed E-state index contributed by atoms with van der Waals surface area (Å²) < 4.78 is 10.8. The van der Waals surface area contributed by atoms with Crippen LogP contribution < -0.4 is 15.5 Å². The standard InChI is InChI=1S/C21H25N3O4/c1-2-24(18-6-4-3-5-7-18)20(25)16-8-10-17(11-9-16)23-21(26)22-14-19-15-27-12-13-28-19/h3-11,19H,2,12-15H2,1H3,(H2,22,23,26)/t19-/m1/s1. The summed E-state index contributed by atoms with van der Waals surface area (Å²) in [5.41, 5.74) is 2.02. The third-order valence-corrected chi connectivity index (χ3v) is 4.39. The third kappa shape index (κ3) is 5.31. The van der Waals surface area contributed by atoms with Gasteiger partial charge in [-0.1, -0.05) is 18.2 Å². The molecule has 0 aliphatic carbocycles. The van der Waals surface area contributed by atoms with E-state index in [1.54, 1.807) is 29.2 Å². The Hall–Kier alpha value is -2.90. The molecular weight excluding hydrogens is 358 g/mol. The van der Waals surface area contributed by atoms with Crippen LogP contribution in [0.5, 0.6) is 0 Å². The maximum Gasteiger partial charge on any atom is 0.319 e. The van der Waals surface area contributed by atoms with Gasteiger partial charge in [0.1, 0.15) is 0 Å². The highest BCUT2D eigenvalue weighted by Gasteiger charge is 2.17. The van der Waals surface area contributed by atoms with Crippen molar-refractivity contribution in [2.45, 2.75) is 13.0 Å². The first-order chi connectivity index (χ1) is 13.7. The molecule has 1 aliphatic rings. The number of anilines is 2. The molecular formula is C21H25N3O4. The van der Waals surface area contributed by atoms with E-state index in [-0.39, 0.29) is 18.0 Å². The Morgan fingerprint density at radius 1 is 1.07 bits per heavy atom. The average Bonchev–Trinajstić information content (AvgIpc) is 2.75. The Kier molecular flexibility index (Phi) is 7.00. The molecule has 0 bridgehead atoms. The Morgan fingerprint density at radius 3 is 2.46 bits per heavy atom. The average molecular weight is 383 g/mol. The van der Waals surface area contributed by atoms with Gasteiger partial charge in [0, 0.05) is 30.0 Å². The van der Waals surface area contributed by atoms with E-state index in [0.717, 1.165) is 5.69 Å². The Bertz CT molecular complexity index is 774. The minimum absolute atomic E-state index is 0.0841. The third-order valence-electron chi connectivity index (χ3n) is 4.39. The molecule has 1 aliphatic heterocycles. The predicted molar refractivity (Wildman–Crippen MR) is 108 cm³/mol. The number of carbonyl (C=O) groups excluding carboxylic acids is 2. The summed E-state index contributed by atoms with van der Waals surface area (Å²) in [5, 5.41) is 5.51. The first-order valence-electron chi connectivity index (χ1n) is 9.38. The van der Waals surface area contributed by atoms with Gasteiger partial charge in [-0.3, -0.25) is 4.79 Å². The number of hydrogen-bond acceptors (Lipinski definition) is 4. The molecule has 2 N–H and O–H groups in total. The molecule has 0 aromatic heterocycles. The minimum Gasteiger partial charge on any atom is -0.376 e. The van der Waals surface area contributed by atoms with E-state index in [4.69, 9.17) is 9.47 Å². The first-order valence-corrected chi connectivity index (χ1v) is 9.38. The van der Waals surface area contributed by atoms with Crippen LogP contribution in [0.1, 0.15) is 17.3 Å². The van der Waals surface area contributed by atoms with Crippen LogP contribution in [0.15, 0.2) is 54.6 Å². The molecule has 0 spiro atoms. The maximum absolute atomic E-state index is 12.8. The topological polar surface area (TPSA) is 79.9 Å². The Labute approximate surface area is 164 Å². The molecule has 1 fully saturated rings. The molecule has 7 nitrogen and oxygen atoms in total. The lowest BCUT2D eigenvalue weighted by atomic mass is 10.1. The van der Waals surface area contributed by atoms with Gasteiger partial charge in [-0.2, -0.15) is 0 Å². The molecule has 3 amide bonds. The van der Waals surface area contributed by atoms with Crippen molar-refractivity contribution in [1.29, 1.82) is 0 Å². The van der Waals surface area contributed by atoms with Gasteiger partial charge in [-0.15, -0.1) is 0 Å². The zero-order valence-electron chi connectivity index (χ0n) is 15.9. The van der Waals surface area contributed by atoms with Gasteiger partial charge in [0.2, 0.25) is 0 Å². The smallest absolute Gasteiger partial charge is 0.319 e. The van der Waals surface area contributed by atoms with Crippen LogP contribution in [0, 0.1) is 0 Å². The molecule has 148 valence electrons. The van der Waals surface area contributed by atoms with Gasteiger partial charge >= 0.3 is 6.03 Å². The first kappa shape index (κ1) is 19.9. The minimum atomic E-state index is -0.326. The highest BCUT2D eigenvalue weighted by Crippen LogP contribution is 2.18. The van der Waals surface area contributed by atoms with E-state index in [1.807, 2.05) is 37.3 Å². The maximum atomic E-state index is 12.8. The molecule has 1 atom stereocenters. The number of benzene rings is 2. The van der Waals surface area contributed by atoms with Crippen molar-refractivity contribution in [3.63, 3.8) is 0 Å². The van der Waals surface area contributed by atoms with Crippen molar-refractivity contribution in [1.82, 2.24) is 5.32 Å². The molecule has 28 heavy (non-hydrogen) atoms. The lowest BCUT2D eigenvalue weighted by Crippen LogP contribution is -2.41. The normalized spacial score (nSPS) is 16.2. The van der Waals surface area contributed by atoms with E-state index >= 15 is 0 Å². The summed E-state index contributed by atoms with van der Waals surface area (Å²) in [6.45, 7) is 4.50. The van der Waals surface area contributed by atoms with Crippen molar-refractivity contribution >= 4 is 23.3 Å². The van der Waals surface area contributed by atoms with Crippen molar-refractivity contribution in [2.75, 3.05) is 43.1 Å². The molecule has 2 aromatic carbocycles. The lowest BCUT2D eigenvalue weighted by molar-refractivity contribution is -0.0852. The van der Waals surface area contributed by atoms with Crippen LogP contribution in [0.25, 0.3) is 0 Å². The molecule has 2 aromatic rings. The molecule has 1 saturated heterocycles. The van der Waals surface area contributed by atoms with Gasteiger partial charge in [0.05, 0.1) is 25.9 Å². The summed E-state index contributed by atoms with van der Waals surface area (Å²) in [7, 11) is 0. The van der Waals surface area contributed by atoms with Crippen molar-refractivity contribution in [2.24, 2.45) is 0 Å². The number of urea groups is 1. The fourth-order valence-corrected chi connectivity index (χ4v) is 2.94. The zero-order valence-corrected chi connectivity index (χ0v) is 15.9. The summed E-state index contributed by atoms with van der Waals surface area (Å²) in [5.74, 6) is -0.0841. The van der Waals surface area contributed by atoms with E-state index in [0.29, 0.717) is 44.2 Å². The van der Waals surface area contributed by atoms with E-state index in [2.05, 4.69) is 10.6 Å². The van der Waals surface area contributed by atoms with Gasteiger partial charge in [-0.05, 0) is 43.3 Å². The molecule has 0 unspecified atom stereocenters. The van der Waals surface area contributed by atoms with Crippen LogP contribution in [0.3, 0.4) is 0 Å². The van der Waals surface area contributed by atoms with Crippen LogP contribution in [0.4, 0.5) is 16.2 Å². The van der Waals surface area contributed by atoms with Crippen LogP contribution in [-0.4, -0.2) is 51.0 Å². The molecule has 0 radical (unpaired) electrons. The summed E-state index contributed by atoms with van der Waals surface area (Å²) in [6.07, 6.45) is -0.127. The van der Waals surface area contributed by atoms with Gasteiger partial charge in [0.25, 0.3) is 5.91 Å². The van der Waals surface area contributed by atoms with Crippen LogP contribution >= 0.6 is 0 Å². The molecule has 7 heteroatoms. The quantitative estimate of drug-likeness (QED) is 0.804. The van der Waals surface area contributed by atoms with E-state index in [1.165, 1.54) is 0 Å². The van der Waals surface area contributed by atoms with Gasteiger partial charge < -0.3 is 25.0 Å². The molecule has 3 rings (SSSR count). The number of hydrogen-bond donors (Lipinski definition) is 2. The Balaban J connectivity index is 1.55. The van der Waals surface area contributed by atoms with Crippen LogP contribution in [0.2, 0.25) is 0 Å².